The third-order valence-corrected chi connectivity index (χ3v) is 3.95. The van der Waals surface area contributed by atoms with Crippen LogP contribution in [0, 0.1) is 0 Å². The Morgan fingerprint density at radius 1 is 1.41 bits per heavy atom. The molecule has 2 aromatic rings. The summed E-state index contributed by atoms with van der Waals surface area (Å²) >= 11 is 0. The van der Waals surface area contributed by atoms with Gasteiger partial charge in [-0.15, -0.1) is 0 Å². The van der Waals surface area contributed by atoms with Crippen LogP contribution in [-0.4, -0.2) is 47.3 Å². The van der Waals surface area contributed by atoms with Gasteiger partial charge in [-0.3, -0.25) is 9.48 Å². The summed E-state index contributed by atoms with van der Waals surface area (Å²) in [6.45, 7) is 2.17. The molecule has 0 spiro atoms. The molecule has 2 heterocycles. The molecule has 1 aliphatic heterocycles. The number of carbonyl (C=O) groups is 1. The molecule has 0 bridgehead atoms. The highest BCUT2D eigenvalue weighted by molar-refractivity contribution is 5.94. The van der Waals surface area contributed by atoms with Crippen LogP contribution in [0.25, 0.3) is 0 Å². The van der Waals surface area contributed by atoms with Gasteiger partial charge in [-0.25, -0.2) is 0 Å². The number of ether oxygens (including phenoxy) is 1. The minimum atomic E-state index is -0.0439. The van der Waals surface area contributed by atoms with Crippen molar-refractivity contribution in [3.05, 3.63) is 47.8 Å². The van der Waals surface area contributed by atoms with E-state index in [0.717, 1.165) is 17.9 Å². The summed E-state index contributed by atoms with van der Waals surface area (Å²) in [6.07, 6.45) is 3.37. The molecule has 3 rings (SSSR count). The third-order valence-electron chi connectivity index (χ3n) is 3.95. The van der Waals surface area contributed by atoms with E-state index in [1.165, 1.54) is 0 Å². The van der Waals surface area contributed by atoms with Crippen molar-refractivity contribution in [2.45, 2.75) is 6.04 Å². The Bertz CT molecular complexity index is 668. The molecule has 1 saturated heterocycles. The van der Waals surface area contributed by atoms with Gasteiger partial charge in [-0.05, 0) is 6.07 Å². The molecule has 6 nitrogen and oxygen atoms in total. The van der Waals surface area contributed by atoms with Gasteiger partial charge in [0, 0.05) is 38.4 Å². The van der Waals surface area contributed by atoms with Crippen molar-refractivity contribution in [3.8, 4) is 5.75 Å². The zero-order chi connectivity index (χ0) is 15.5. The van der Waals surface area contributed by atoms with Gasteiger partial charge in [0.05, 0.1) is 24.9 Å². The van der Waals surface area contributed by atoms with Gasteiger partial charge < -0.3 is 15.0 Å². The lowest BCUT2D eigenvalue weighted by atomic mass is 10.0. The van der Waals surface area contributed by atoms with Crippen LogP contribution in [0.1, 0.15) is 22.0 Å². The number of amides is 1. The highest BCUT2D eigenvalue weighted by Crippen LogP contribution is 2.31. The van der Waals surface area contributed by atoms with Crippen LogP contribution >= 0.6 is 0 Å². The van der Waals surface area contributed by atoms with Crippen molar-refractivity contribution in [3.63, 3.8) is 0 Å². The molecule has 0 aliphatic carbocycles. The molecule has 1 unspecified atom stereocenters. The van der Waals surface area contributed by atoms with Crippen LogP contribution in [-0.2, 0) is 7.05 Å². The normalized spacial score (nSPS) is 18.3. The fourth-order valence-corrected chi connectivity index (χ4v) is 2.86. The van der Waals surface area contributed by atoms with Crippen molar-refractivity contribution >= 4 is 5.91 Å². The second-order valence-electron chi connectivity index (χ2n) is 5.36. The molecule has 6 heteroatoms. The van der Waals surface area contributed by atoms with Gasteiger partial charge in [0.25, 0.3) is 5.91 Å². The SMILES string of the molecule is COc1ccccc1C1CNCCN1C(=O)c1cnn(C)c1. The summed E-state index contributed by atoms with van der Waals surface area (Å²) in [7, 11) is 3.47. The van der Waals surface area contributed by atoms with Crippen molar-refractivity contribution < 1.29 is 9.53 Å². The molecule has 0 radical (unpaired) electrons. The molecule has 1 aromatic carbocycles. The maximum atomic E-state index is 12.8. The smallest absolute Gasteiger partial charge is 0.257 e. The number of carbonyl (C=O) groups excluding carboxylic acids is 1. The molecule has 0 saturated carbocycles. The van der Waals surface area contributed by atoms with Gasteiger partial charge in [0.15, 0.2) is 0 Å². The monoisotopic (exact) mass is 300 g/mol. The molecule has 1 aromatic heterocycles. The number of aryl methyl sites for hydroxylation is 1. The molecule has 1 atom stereocenters. The fraction of sp³-hybridized carbons (Fsp3) is 0.375. The lowest BCUT2D eigenvalue weighted by molar-refractivity contribution is 0.0631. The zero-order valence-electron chi connectivity index (χ0n) is 12.8. The first-order valence-corrected chi connectivity index (χ1v) is 7.34. The van der Waals surface area contributed by atoms with Gasteiger partial charge in [0.2, 0.25) is 0 Å². The third kappa shape index (κ3) is 2.69. The van der Waals surface area contributed by atoms with Gasteiger partial charge in [-0.1, -0.05) is 18.2 Å². The second-order valence-corrected chi connectivity index (χ2v) is 5.36. The number of rotatable bonds is 3. The first-order valence-electron chi connectivity index (χ1n) is 7.34. The van der Waals surface area contributed by atoms with Crippen LogP contribution in [0.3, 0.4) is 0 Å². The maximum Gasteiger partial charge on any atom is 0.257 e. The van der Waals surface area contributed by atoms with E-state index in [-0.39, 0.29) is 11.9 Å². The van der Waals surface area contributed by atoms with Crippen LogP contribution < -0.4 is 10.1 Å². The van der Waals surface area contributed by atoms with E-state index < -0.39 is 0 Å². The molecule has 1 N–H and O–H groups in total. The van der Waals surface area contributed by atoms with Crippen molar-refractivity contribution in [2.24, 2.45) is 7.05 Å². The van der Waals surface area contributed by atoms with Gasteiger partial charge >= 0.3 is 0 Å². The number of hydrogen-bond acceptors (Lipinski definition) is 4. The number of nitrogens with zero attached hydrogens (tertiary/aromatic N) is 3. The summed E-state index contributed by atoms with van der Waals surface area (Å²) in [6, 6.07) is 7.81. The van der Waals surface area contributed by atoms with Crippen molar-refractivity contribution in [2.75, 3.05) is 26.7 Å². The zero-order valence-corrected chi connectivity index (χ0v) is 12.8. The van der Waals surface area contributed by atoms with E-state index in [0.29, 0.717) is 18.7 Å². The van der Waals surface area contributed by atoms with Crippen LogP contribution in [0.4, 0.5) is 0 Å². The van der Waals surface area contributed by atoms with E-state index in [2.05, 4.69) is 10.4 Å². The Hall–Kier alpha value is -2.34. The number of aromatic nitrogens is 2. The first kappa shape index (κ1) is 14.6. The summed E-state index contributed by atoms with van der Waals surface area (Å²) in [5, 5.41) is 7.45. The number of benzene rings is 1. The van der Waals surface area contributed by atoms with Crippen LogP contribution in [0.15, 0.2) is 36.7 Å². The molecule has 116 valence electrons. The highest BCUT2D eigenvalue weighted by atomic mass is 16.5. The summed E-state index contributed by atoms with van der Waals surface area (Å²) in [5.41, 5.74) is 1.64. The Balaban J connectivity index is 1.93. The van der Waals surface area contributed by atoms with E-state index in [4.69, 9.17) is 4.74 Å². The maximum absolute atomic E-state index is 12.8. The van der Waals surface area contributed by atoms with Crippen molar-refractivity contribution in [1.82, 2.24) is 20.0 Å². The molecular weight excluding hydrogens is 280 g/mol. The van der Waals surface area contributed by atoms with Crippen molar-refractivity contribution in [1.29, 1.82) is 0 Å². The lowest BCUT2D eigenvalue weighted by Gasteiger charge is -2.36. The molecule has 22 heavy (non-hydrogen) atoms. The Labute approximate surface area is 129 Å². The Kier molecular flexibility index (Phi) is 4.11. The number of piperazine rings is 1. The number of para-hydroxylation sites is 1. The average Bonchev–Trinajstić information content (AvgIpc) is 3.00. The first-order chi connectivity index (χ1) is 10.7. The van der Waals surface area contributed by atoms with Gasteiger partial charge in [-0.2, -0.15) is 5.10 Å². The lowest BCUT2D eigenvalue weighted by Crippen LogP contribution is -2.48. The number of nitrogens with one attached hydrogen (secondary N) is 1. The Morgan fingerprint density at radius 3 is 2.95 bits per heavy atom. The second kappa shape index (κ2) is 6.19. The fourth-order valence-electron chi connectivity index (χ4n) is 2.86. The van der Waals surface area contributed by atoms with Crippen LogP contribution in [0.2, 0.25) is 0 Å². The molecule has 1 fully saturated rings. The largest absolute Gasteiger partial charge is 0.496 e. The molecular formula is C16H20N4O2. The predicted octanol–water partition coefficient (Wildman–Crippen LogP) is 1.22. The summed E-state index contributed by atoms with van der Waals surface area (Å²) in [5.74, 6) is 0.811. The van der Waals surface area contributed by atoms with Gasteiger partial charge in [0.1, 0.15) is 5.75 Å². The quantitative estimate of drug-likeness (QED) is 0.926. The summed E-state index contributed by atoms with van der Waals surface area (Å²) in [4.78, 5) is 14.7. The Morgan fingerprint density at radius 2 is 2.23 bits per heavy atom. The number of methoxy groups -OCH3 is 1. The average molecular weight is 300 g/mol. The van der Waals surface area contributed by atoms with E-state index in [9.17, 15) is 4.79 Å². The topological polar surface area (TPSA) is 59.4 Å². The number of hydrogen-bond donors (Lipinski definition) is 1. The minimum absolute atomic E-state index is 0.00510. The highest BCUT2D eigenvalue weighted by Gasteiger charge is 2.30. The molecule has 1 aliphatic rings. The standard InChI is InChI=1S/C16H20N4O2/c1-19-11-12(9-18-19)16(21)20-8-7-17-10-14(20)13-5-3-4-6-15(13)22-2/h3-6,9,11,14,17H,7-8,10H2,1-2H3. The molecule has 1 amide bonds. The van der Waals surface area contributed by atoms with E-state index in [1.54, 1.807) is 24.2 Å². The predicted molar refractivity (Wildman–Crippen MR) is 82.8 cm³/mol. The minimum Gasteiger partial charge on any atom is -0.496 e. The van der Waals surface area contributed by atoms with E-state index >= 15 is 0 Å². The summed E-state index contributed by atoms with van der Waals surface area (Å²) < 4.78 is 7.10. The van der Waals surface area contributed by atoms with E-state index in [1.807, 2.05) is 36.2 Å². The van der Waals surface area contributed by atoms with Crippen LogP contribution in [0.5, 0.6) is 5.75 Å².